The van der Waals surface area contributed by atoms with Crippen LogP contribution in [0.1, 0.15) is 11.1 Å². The number of nitrogens with two attached hydrogens (primary N) is 1. The molecule has 1 aromatic heterocycles. The van der Waals surface area contributed by atoms with E-state index in [9.17, 15) is 9.18 Å². The first-order valence-electron chi connectivity index (χ1n) is 8.41. The number of carbonyl (C=O) groups is 1. The second kappa shape index (κ2) is 8.54. The number of rotatable bonds is 4. The molecule has 0 bridgehead atoms. The largest absolute Gasteiger partial charge is 0.445 e. The molecule has 1 atom stereocenters. The fourth-order valence-corrected chi connectivity index (χ4v) is 2.58. The van der Waals surface area contributed by atoms with Crippen molar-refractivity contribution in [2.45, 2.75) is 19.6 Å². The lowest BCUT2D eigenvalue weighted by Gasteiger charge is -2.30. The number of nitrogen functional groups attached to an aromatic ring is 1. The summed E-state index contributed by atoms with van der Waals surface area (Å²) in [6.45, 7) is 2.94. The molecule has 0 unspecified atom stereocenters. The lowest BCUT2D eigenvalue weighted by atomic mass is 10.1. The second-order valence-corrected chi connectivity index (χ2v) is 6.05. The molecule has 3 rings (SSSR count). The monoisotopic (exact) mass is 373 g/mol. The SMILES string of the molecule is Cc1cc(F)ccc1COC(=O)N1CCO[C@H](/C=N/c2cncnc2N)C1. The zero-order valence-corrected chi connectivity index (χ0v) is 14.8. The maximum Gasteiger partial charge on any atom is 0.410 e. The summed E-state index contributed by atoms with van der Waals surface area (Å²) >= 11 is 0. The first kappa shape index (κ1) is 18.7. The number of aryl methyl sites for hydroxylation is 1. The van der Waals surface area contributed by atoms with Gasteiger partial charge in [0.1, 0.15) is 30.5 Å². The number of morpholine rings is 1. The van der Waals surface area contributed by atoms with Gasteiger partial charge in [0.25, 0.3) is 0 Å². The van der Waals surface area contributed by atoms with Crippen LogP contribution in [0.25, 0.3) is 0 Å². The van der Waals surface area contributed by atoms with Crippen molar-refractivity contribution in [1.82, 2.24) is 14.9 Å². The summed E-state index contributed by atoms with van der Waals surface area (Å²) in [7, 11) is 0. The number of aliphatic imine (C=N–C) groups is 1. The number of amides is 1. The van der Waals surface area contributed by atoms with Crippen molar-refractivity contribution in [2.75, 3.05) is 25.4 Å². The van der Waals surface area contributed by atoms with Gasteiger partial charge in [-0.2, -0.15) is 0 Å². The van der Waals surface area contributed by atoms with Crippen molar-refractivity contribution >= 4 is 23.8 Å². The molecule has 8 nitrogen and oxygen atoms in total. The number of hydrogen-bond acceptors (Lipinski definition) is 7. The van der Waals surface area contributed by atoms with E-state index >= 15 is 0 Å². The zero-order chi connectivity index (χ0) is 19.2. The van der Waals surface area contributed by atoms with Crippen molar-refractivity contribution in [1.29, 1.82) is 0 Å². The van der Waals surface area contributed by atoms with Crippen LogP contribution in [-0.2, 0) is 16.1 Å². The van der Waals surface area contributed by atoms with Gasteiger partial charge < -0.3 is 20.1 Å². The van der Waals surface area contributed by atoms with Gasteiger partial charge in [-0.1, -0.05) is 6.07 Å². The van der Waals surface area contributed by atoms with Gasteiger partial charge in [0, 0.05) is 12.8 Å². The standard InChI is InChI=1S/C18H20FN5O3/c1-12-6-14(19)3-2-13(12)10-27-18(25)24-4-5-26-15(9-24)7-22-16-8-21-11-23-17(16)20/h2-3,6-8,11,15H,4-5,9-10H2,1H3,(H2,20,21,23)/b22-7+/t15-/m1/s1. The molecule has 142 valence electrons. The first-order chi connectivity index (χ1) is 13.0. The minimum absolute atomic E-state index is 0.0823. The number of nitrogens with zero attached hydrogens (tertiary/aromatic N) is 4. The van der Waals surface area contributed by atoms with Gasteiger partial charge in [0.15, 0.2) is 5.82 Å². The Kier molecular flexibility index (Phi) is 5.92. The number of benzene rings is 1. The topological polar surface area (TPSA) is 103 Å². The molecule has 2 N–H and O–H groups in total. The van der Waals surface area contributed by atoms with Crippen LogP contribution in [-0.4, -0.2) is 53.0 Å². The molecule has 2 heterocycles. The summed E-state index contributed by atoms with van der Waals surface area (Å²) in [5, 5.41) is 0. The molecule has 0 radical (unpaired) electrons. The summed E-state index contributed by atoms with van der Waals surface area (Å²) in [4.78, 5) is 25.8. The van der Waals surface area contributed by atoms with Crippen molar-refractivity contribution in [2.24, 2.45) is 4.99 Å². The van der Waals surface area contributed by atoms with E-state index in [1.165, 1.54) is 24.7 Å². The molecule has 0 spiro atoms. The van der Waals surface area contributed by atoms with Gasteiger partial charge in [-0.25, -0.2) is 19.2 Å². The number of hydrogen-bond donors (Lipinski definition) is 1. The summed E-state index contributed by atoms with van der Waals surface area (Å²) in [6, 6.07) is 4.36. The minimum atomic E-state index is -0.456. The van der Waals surface area contributed by atoms with Gasteiger partial charge >= 0.3 is 6.09 Å². The quantitative estimate of drug-likeness (QED) is 0.825. The van der Waals surface area contributed by atoms with Crippen LogP contribution in [0.3, 0.4) is 0 Å². The normalized spacial score (nSPS) is 17.3. The highest BCUT2D eigenvalue weighted by atomic mass is 19.1. The molecule has 1 aliphatic rings. The fraction of sp³-hybridized carbons (Fsp3) is 0.333. The average Bonchev–Trinajstić information content (AvgIpc) is 2.67. The highest BCUT2D eigenvalue weighted by Crippen LogP contribution is 2.17. The van der Waals surface area contributed by atoms with Gasteiger partial charge in [-0.05, 0) is 30.2 Å². The van der Waals surface area contributed by atoms with Crippen LogP contribution in [0.4, 0.5) is 20.7 Å². The van der Waals surface area contributed by atoms with Crippen molar-refractivity contribution in [3.63, 3.8) is 0 Å². The third-order valence-corrected chi connectivity index (χ3v) is 4.11. The van der Waals surface area contributed by atoms with Crippen LogP contribution >= 0.6 is 0 Å². The summed E-state index contributed by atoms with van der Waals surface area (Å²) in [5.74, 6) is -0.0506. The van der Waals surface area contributed by atoms with E-state index in [1.54, 1.807) is 24.1 Å². The highest BCUT2D eigenvalue weighted by molar-refractivity contribution is 5.73. The Bertz CT molecular complexity index is 845. The number of aromatic nitrogens is 2. The molecule has 1 aromatic carbocycles. The highest BCUT2D eigenvalue weighted by Gasteiger charge is 2.24. The Morgan fingerprint density at radius 2 is 2.41 bits per heavy atom. The Hall–Kier alpha value is -3.07. The van der Waals surface area contributed by atoms with E-state index in [-0.39, 0.29) is 18.2 Å². The second-order valence-electron chi connectivity index (χ2n) is 6.05. The predicted octanol–water partition coefficient (Wildman–Crippen LogP) is 2.25. The van der Waals surface area contributed by atoms with Crippen molar-refractivity contribution in [3.05, 3.63) is 47.7 Å². The lowest BCUT2D eigenvalue weighted by molar-refractivity contribution is 0.00327. The summed E-state index contributed by atoms with van der Waals surface area (Å²) < 4.78 is 24.1. The maximum atomic E-state index is 13.1. The third kappa shape index (κ3) is 4.98. The van der Waals surface area contributed by atoms with Crippen LogP contribution in [0.5, 0.6) is 0 Å². The molecule has 0 saturated carbocycles. The Morgan fingerprint density at radius 1 is 1.56 bits per heavy atom. The zero-order valence-electron chi connectivity index (χ0n) is 14.8. The van der Waals surface area contributed by atoms with Gasteiger partial charge in [-0.3, -0.25) is 4.99 Å². The number of halogens is 1. The number of carbonyl (C=O) groups excluding carboxylic acids is 1. The first-order valence-corrected chi connectivity index (χ1v) is 8.41. The van der Waals surface area contributed by atoms with E-state index in [1.807, 2.05) is 0 Å². The molecule has 0 aliphatic carbocycles. The van der Waals surface area contributed by atoms with Gasteiger partial charge in [0.05, 0.1) is 19.3 Å². The van der Waals surface area contributed by atoms with Crippen molar-refractivity contribution in [3.8, 4) is 0 Å². The molecular formula is C18H20FN5O3. The third-order valence-electron chi connectivity index (χ3n) is 4.11. The van der Waals surface area contributed by atoms with Gasteiger partial charge in [0.2, 0.25) is 0 Å². The average molecular weight is 373 g/mol. The lowest BCUT2D eigenvalue weighted by Crippen LogP contribution is -2.46. The molecule has 9 heteroatoms. The summed E-state index contributed by atoms with van der Waals surface area (Å²) in [5.41, 5.74) is 7.65. The van der Waals surface area contributed by atoms with E-state index < -0.39 is 12.2 Å². The molecule has 27 heavy (non-hydrogen) atoms. The van der Waals surface area contributed by atoms with Gasteiger partial charge in [-0.15, -0.1) is 0 Å². The fourth-order valence-electron chi connectivity index (χ4n) is 2.58. The van der Waals surface area contributed by atoms with Crippen molar-refractivity contribution < 1.29 is 18.7 Å². The Balaban J connectivity index is 1.55. The molecule has 1 amide bonds. The van der Waals surface area contributed by atoms with E-state index in [0.717, 1.165) is 11.1 Å². The van der Waals surface area contributed by atoms with Crippen LogP contribution in [0.15, 0.2) is 35.7 Å². The molecular weight excluding hydrogens is 353 g/mol. The van der Waals surface area contributed by atoms with Crippen LogP contribution < -0.4 is 5.73 Å². The summed E-state index contributed by atoms with van der Waals surface area (Å²) in [6.07, 6.45) is 3.56. The Morgan fingerprint density at radius 3 is 3.19 bits per heavy atom. The minimum Gasteiger partial charge on any atom is -0.445 e. The Labute approximate surface area is 155 Å². The maximum absolute atomic E-state index is 13.1. The van der Waals surface area contributed by atoms with E-state index in [4.69, 9.17) is 15.2 Å². The molecule has 1 saturated heterocycles. The smallest absolute Gasteiger partial charge is 0.410 e. The molecule has 1 fully saturated rings. The van der Waals surface area contributed by atoms with Crippen LogP contribution in [0.2, 0.25) is 0 Å². The predicted molar refractivity (Wildman–Crippen MR) is 97.2 cm³/mol. The molecule has 2 aromatic rings. The van der Waals surface area contributed by atoms with E-state index in [2.05, 4.69) is 15.0 Å². The van der Waals surface area contributed by atoms with Crippen LogP contribution in [0, 0.1) is 12.7 Å². The number of anilines is 1. The molecule has 1 aliphatic heterocycles. The number of ether oxygens (including phenoxy) is 2. The van der Waals surface area contributed by atoms with E-state index in [0.29, 0.717) is 25.4 Å².